The van der Waals surface area contributed by atoms with E-state index in [0.717, 1.165) is 6.92 Å². The molecule has 5 N–H and O–H groups in total. The van der Waals surface area contributed by atoms with Crippen molar-refractivity contribution in [2.24, 2.45) is 0 Å². The van der Waals surface area contributed by atoms with Gasteiger partial charge in [-0.25, -0.2) is 8.42 Å². The number of aliphatic hydroxyl groups excluding tert-OH is 4. The molecule has 2 aliphatic rings. The van der Waals surface area contributed by atoms with Gasteiger partial charge in [0.25, 0.3) is 0 Å². The zero-order valence-corrected chi connectivity index (χ0v) is 16.0. The summed E-state index contributed by atoms with van der Waals surface area (Å²) in [5, 5.41) is 53.5. The molecule has 1 saturated heterocycles. The highest BCUT2D eigenvalue weighted by molar-refractivity contribution is 7.80. The number of ether oxygens (including phenoxy) is 3. The van der Waals surface area contributed by atoms with Crippen LogP contribution in [0.25, 0.3) is 0 Å². The lowest BCUT2D eigenvalue weighted by Crippen LogP contribution is -2.66. The number of carbonyl (C=O) groups is 2. The summed E-state index contributed by atoms with van der Waals surface area (Å²) < 4.78 is 51.0. The Bertz CT molecular complexity index is 784. The van der Waals surface area contributed by atoms with E-state index in [-0.39, 0.29) is 0 Å². The lowest BCUT2D eigenvalue weighted by molar-refractivity contribution is -0.320. The van der Waals surface area contributed by atoms with Gasteiger partial charge in [0.2, 0.25) is 22.6 Å². The van der Waals surface area contributed by atoms with Gasteiger partial charge in [0, 0.05) is 6.92 Å². The van der Waals surface area contributed by atoms with Crippen molar-refractivity contribution in [1.29, 1.82) is 0 Å². The van der Waals surface area contributed by atoms with E-state index in [0.29, 0.717) is 6.08 Å². The molecule has 0 aromatic heterocycles. The number of hydrogen-bond donors (Lipinski definition) is 5. The standard InChI is InChI=1S/C14H21NO14S/c1-4(16)15-8-11(10(19)7(27-13(8)22)3-26-30(23,24)25)29-14-9(18)5(17)2-6(28-14)12(20)21/h2,5,7-11,13-14,17-19,22H,3H2,1H3,(H,15,16)(H,20,21)(H,23,24,25)/p-2/t5-,7+,8+,9+,10-,11+,13+,14-/m0/s1. The molecule has 0 aliphatic carbocycles. The van der Waals surface area contributed by atoms with Gasteiger partial charge in [-0.2, -0.15) is 0 Å². The van der Waals surface area contributed by atoms with Crippen LogP contribution in [0, 0.1) is 0 Å². The summed E-state index contributed by atoms with van der Waals surface area (Å²) in [6, 6.07) is -1.53. The highest BCUT2D eigenvalue weighted by Gasteiger charge is 2.49. The fourth-order valence-electron chi connectivity index (χ4n) is 2.80. The first-order chi connectivity index (χ1) is 13.8. The number of hydrogen-bond acceptors (Lipinski definition) is 14. The van der Waals surface area contributed by atoms with Crippen LogP contribution in [0.15, 0.2) is 11.8 Å². The van der Waals surface area contributed by atoms with Crippen molar-refractivity contribution >= 4 is 22.3 Å². The zero-order valence-electron chi connectivity index (χ0n) is 15.2. The van der Waals surface area contributed by atoms with E-state index in [9.17, 15) is 48.1 Å². The zero-order chi connectivity index (χ0) is 22.8. The molecule has 0 unspecified atom stereocenters. The van der Waals surface area contributed by atoms with Crippen LogP contribution in [0.4, 0.5) is 0 Å². The van der Waals surface area contributed by atoms with Gasteiger partial charge in [0.1, 0.15) is 48.3 Å². The van der Waals surface area contributed by atoms with Crippen LogP contribution >= 0.6 is 0 Å². The van der Waals surface area contributed by atoms with Crippen molar-refractivity contribution in [1.82, 2.24) is 5.32 Å². The summed E-state index contributed by atoms with van der Waals surface area (Å²) in [5.74, 6) is -3.47. The number of carboxylic acid groups (broad SMARTS) is 1. The van der Waals surface area contributed by atoms with Crippen LogP contribution in [0.3, 0.4) is 0 Å². The molecule has 0 bridgehead atoms. The first-order valence-electron chi connectivity index (χ1n) is 8.30. The van der Waals surface area contributed by atoms with Gasteiger partial charge >= 0.3 is 0 Å². The molecule has 15 nitrogen and oxygen atoms in total. The molecular weight excluding hydrogens is 438 g/mol. The van der Waals surface area contributed by atoms with Crippen LogP contribution in [0.2, 0.25) is 0 Å². The lowest BCUT2D eigenvalue weighted by Gasteiger charge is -2.45. The highest BCUT2D eigenvalue weighted by Crippen LogP contribution is 2.28. The molecule has 2 aliphatic heterocycles. The number of amides is 1. The molecule has 8 atom stereocenters. The van der Waals surface area contributed by atoms with E-state index < -0.39 is 83.8 Å². The smallest absolute Gasteiger partial charge is 0.229 e. The maximum Gasteiger partial charge on any atom is 0.229 e. The Kier molecular flexibility index (Phi) is 7.72. The minimum absolute atomic E-state index is 0.635. The molecule has 0 radical (unpaired) electrons. The van der Waals surface area contributed by atoms with Crippen molar-refractivity contribution in [3.8, 4) is 0 Å². The van der Waals surface area contributed by atoms with E-state index >= 15 is 0 Å². The van der Waals surface area contributed by atoms with Crippen molar-refractivity contribution < 1.29 is 66.5 Å². The van der Waals surface area contributed by atoms with Gasteiger partial charge in [0.15, 0.2) is 6.29 Å². The first-order valence-corrected chi connectivity index (χ1v) is 9.64. The third-order valence-electron chi connectivity index (χ3n) is 4.13. The summed E-state index contributed by atoms with van der Waals surface area (Å²) in [5.41, 5.74) is 0. The van der Waals surface area contributed by atoms with E-state index in [4.69, 9.17) is 14.2 Å². The molecule has 16 heteroatoms. The number of rotatable bonds is 7. The van der Waals surface area contributed by atoms with Crippen LogP contribution in [0.5, 0.6) is 0 Å². The van der Waals surface area contributed by atoms with Gasteiger partial charge in [-0.1, -0.05) is 0 Å². The molecule has 30 heavy (non-hydrogen) atoms. The van der Waals surface area contributed by atoms with E-state index in [2.05, 4.69) is 9.50 Å². The van der Waals surface area contributed by atoms with E-state index in [1.807, 2.05) is 0 Å². The minimum atomic E-state index is -5.19. The molecule has 0 spiro atoms. The van der Waals surface area contributed by atoms with Crippen LogP contribution < -0.4 is 10.4 Å². The molecule has 0 aromatic carbocycles. The van der Waals surface area contributed by atoms with Crippen molar-refractivity contribution in [3.05, 3.63) is 11.8 Å². The normalized spacial score (nSPS) is 37.1. The average molecular weight is 457 g/mol. The van der Waals surface area contributed by atoms with Gasteiger partial charge in [-0.15, -0.1) is 0 Å². The summed E-state index contributed by atoms with van der Waals surface area (Å²) in [6.45, 7) is -0.000369. The number of carboxylic acids is 1. The monoisotopic (exact) mass is 457 g/mol. The largest absolute Gasteiger partial charge is 0.726 e. The molecule has 1 amide bonds. The third-order valence-corrected chi connectivity index (χ3v) is 4.55. The third kappa shape index (κ3) is 6.06. The molecule has 2 heterocycles. The average Bonchev–Trinajstić information content (AvgIpc) is 2.61. The molecule has 0 saturated carbocycles. The summed E-state index contributed by atoms with van der Waals surface area (Å²) in [6.07, 6.45) is -12.1. The maximum absolute atomic E-state index is 11.4. The summed E-state index contributed by atoms with van der Waals surface area (Å²) in [4.78, 5) is 22.4. The van der Waals surface area contributed by atoms with Crippen LogP contribution in [-0.4, -0.2) is 101 Å². The molecular formula is C14H19NO14S-2. The quantitative estimate of drug-likeness (QED) is 0.177. The van der Waals surface area contributed by atoms with E-state index in [1.165, 1.54) is 0 Å². The van der Waals surface area contributed by atoms with Crippen molar-refractivity contribution in [3.63, 3.8) is 0 Å². The fraction of sp³-hybridized carbons (Fsp3) is 0.714. The molecule has 172 valence electrons. The highest BCUT2D eigenvalue weighted by atomic mass is 32.3. The second kappa shape index (κ2) is 9.50. The second-order valence-corrected chi connectivity index (χ2v) is 7.41. The number of carbonyl (C=O) groups excluding carboxylic acids is 2. The Morgan fingerprint density at radius 1 is 1.23 bits per heavy atom. The number of aliphatic carboxylic acids is 1. The van der Waals surface area contributed by atoms with Crippen LogP contribution in [-0.2, 0) is 38.4 Å². The van der Waals surface area contributed by atoms with Crippen molar-refractivity contribution in [2.45, 2.75) is 56.1 Å². The first kappa shape index (κ1) is 24.4. The van der Waals surface area contributed by atoms with Gasteiger partial charge in [-0.05, 0) is 6.08 Å². The van der Waals surface area contributed by atoms with Crippen molar-refractivity contribution in [2.75, 3.05) is 6.61 Å². The topological polar surface area (TPSA) is 244 Å². The van der Waals surface area contributed by atoms with Gasteiger partial charge < -0.3 is 54.4 Å². The van der Waals surface area contributed by atoms with Crippen LogP contribution in [0.1, 0.15) is 6.92 Å². The number of aliphatic hydroxyl groups is 4. The SMILES string of the molecule is CC(=O)N[C@@H]1[C@@H](O[C@@H]2OC(C(=O)[O-])=C[C@H](O)[C@H]2O)[C@@H](O)[C@@H](COS(=O)(=O)[O-])O[C@H]1O. The number of nitrogens with one attached hydrogen (secondary N) is 1. The molecule has 2 rings (SSSR count). The molecule has 1 fully saturated rings. The second-order valence-electron chi connectivity index (χ2n) is 6.36. The van der Waals surface area contributed by atoms with Gasteiger partial charge in [0.05, 0.1) is 6.61 Å². The summed E-state index contributed by atoms with van der Waals surface area (Å²) in [7, 11) is -5.19. The Morgan fingerprint density at radius 2 is 1.87 bits per heavy atom. The maximum atomic E-state index is 11.4. The molecule has 0 aromatic rings. The minimum Gasteiger partial charge on any atom is -0.726 e. The predicted octanol–water partition coefficient (Wildman–Crippen LogP) is -5.86. The van der Waals surface area contributed by atoms with E-state index in [1.54, 1.807) is 0 Å². The Labute approximate surface area is 169 Å². The lowest BCUT2D eigenvalue weighted by atomic mass is 9.96. The van der Waals surface area contributed by atoms with Gasteiger partial charge in [-0.3, -0.25) is 8.98 Å². The Balaban J connectivity index is 2.26. The fourth-order valence-corrected chi connectivity index (χ4v) is 3.10. The summed E-state index contributed by atoms with van der Waals surface area (Å²) >= 11 is 0. The Hall–Kier alpha value is -1.89. The Morgan fingerprint density at radius 3 is 2.40 bits per heavy atom. The predicted molar refractivity (Wildman–Crippen MR) is 85.0 cm³/mol.